The highest BCUT2D eigenvalue weighted by atomic mass is 35.5. The number of halogens is 1. The third kappa shape index (κ3) is 3.40. The maximum Gasteiger partial charge on any atom is 0.274 e. The molecule has 0 radical (unpaired) electrons. The molecule has 0 saturated heterocycles. The SMILES string of the molecule is CCCN(CC1CC1)C(=O)c1cncc(Cl)n1. The van der Waals surface area contributed by atoms with Crippen LogP contribution in [-0.4, -0.2) is 33.9 Å². The van der Waals surface area contributed by atoms with Crippen LogP contribution in [0.25, 0.3) is 0 Å². The van der Waals surface area contributed by atoms with Crippen molar-refractivity contribution in [2.45, 2.75) is 26.2 Å². The molecule has 0 aliphatic heterocycles. The molecule has 92 valence electrons. The van der Waals surface area contributed by atoms with Crippen LogP contribution in [0.1, 0.15) is 36.7 Å². The molecule has 0 aromatic carbocycles. The number of aromatic nitrogens is 2. The van der Waals surface area contributed by atoms with Crippen molar-refractivity contribution in [2.24, 2.45) is 5.92 Å². The molecule has 0 spiro atoms. The van der Waals surface area contributed by atoms with Gasteiger partial charge in [-0.1, -0.05) is 18.5 Å². The summed E-state index contributed by atoms with van der Waals surface area (Å²) in [5, 5.41) is 0.263. The van der Waals surface area contributed by atoms with Crippen molar-refractivity contribution >= 4 is 17.5 Å². The largest absolute Gasteiger partial charge is 0.337 e. The monoisotopic (exact) mass is 253 g/mol. The number of nitrogens with zero attached hydrogens (tertiary/aromatic N) is 3. The van der Waals surface area contributed by atoms with Crippen molar-refractivity contribution in [3.63, 3.8) is 0 Å². The lowest BCUT2D eigenvalue weighted by Gasteiger charge is -2.21. The fraction of sp³-hybridized carbons (Fsp3) is 0.583. The summed E-state index contributed by atoms with van der Waals surface area (Å²) < 4.78 is 0. The van der Waals surface area contributed by atoms with Gasteiger partial charge in [0.2, 0.25) is 0 Å². The van der Waals surface area contributed by atoms with Crippen molar-refractivity contribution in [3.05, 3.63) is 23.2 Å². The van der Waals surface area contributed by atoms with Crippen molar-refractivity contribution in [2.75, 3.05) is 13.1 Å². The lowest BCUT2D eigenvalue weighted by Crippen LogP contribution is -2.34. The van der Waals surface area contributed by atoms with E-state index in [-0.39, 0.29) is 11.1 Å². The molecule has 1 saturated carbocycles. The van der Waals surface area contributed by atoms with Gasteiger partial charge in [0.15, 0.2) is 0 Å². The number of carbonyl (C=O) groups is 1. The highest BCUT2D eigenvalue weighted by Crippen LogP contribution is 2.30. The maximum absolute atomic E-state index is 12.2. The Morgan fingerprint density at radius 2 is 2.29 bits per heavy atom. The molecule has 5 heteroatoms. The van der Waals surface area contributed by atoms with Crippen LogP contribution in [-0.2, 0) is 0 Å². The van der Waals surface area contributed by atoms with Crippen LogP contribution in [0.5, 0.6) is 0 Å². The third-order valence-electron chi connectivity index (χ3n) is 2.78. The molecule has 17 heavy (non-hydrogen) atoms. The first-order valence-corrected chi connectivity index (χ1v) is 6.35. The van der Waals surface area contributed by atoms with Gasteiger partial charge in [0.1, 0.15) is 10.8 Å². The number of hydrogen-bond donors (Lipinski definition) is 0. The Hall–Kier alpha value is -1.16. The molecule has 1 heterocycles. The summed E-state index contributed by atoms with van der Waals surface area (Å²) in [6, 6.07) is 0. The third-order valence-corrected chi connectivity index (χ3v) is 2.96. The van der Waals surface area contributed by atoms with Gasteiger partial charge in [0.05, 0.1) is 12.4 Å². The fourth-order valence-corrected chi connectivity index (χ4v) is 1.91. The van der Waals surface area contributed by atoms with Gasteiger partial charge >= 0.3 is 0 Å². The maximum atomic E-state index is 12.2. The van der Waals surface area contributed by atoms with E-state index in [1.54, 1.807) is 0 Å². The van der Waals surface area contributed by atoms with E-state index in [0.717, 1.165) is 19.5 Å². The van der Waals surface area contributed by atoms with Gasteiger partial charge in [0, 0.05) is 13.1 Å². The second-order valence-electron chi connectivity index (χ2n) is 4.42. The minimum atomic E-state index is -0.0613. The Balaban J connectivity index is 2.08. The Bertz CT molecular complexity index is 406. The van der Waals surface area contributed by atoms with Crippen LogP contribution in [0.3, 0.4) is 0 Å². The van der Waals surface area contributed by atoms with Crippen molar-refractivity contribution in [3.8, 4) is 0 Å². The van der Waals surface area contributed by atoms with E-state index in [9.17, 15) is 4.79 Å². The van der Waals surface area contributed by atoms with E-state index in [4.69, 9.17) is 11.6 Å². The van der Waals surface area contributed by atoms with Crippen LogP contribution in [0.4, 0.5) is 0 Å². The van der Waals surface area contributed by atoms with Crippen molar-refractivity contribution in [1.29, 1.82) is 0 Å². The first kappa shape index (κ1) is 12.3. The summed E-state index contributed by atoms with van der Waals surface area (Å²) in [7, 11) is 0. The van der Waals surface area contributed by atoms with Crippen molar-refractivity contribution in [1.82, 2.24) is 14.9 Å². The van der Waals surface area contributed by atoms with Crippen LogP contribution in [0.2, 0.25) is 5.15 Å². The molecule has 0 unspecified atom stereocenters. The molecular formula is C12H16ClN3O. The lowest BCUT2D eigenvalue weighted by molar-refractivity contribution is 0.0741. The Kier molecular flexibility index (Phi) is 3.94. The minimum absolute atomic E-state index is 0.0613. The molecule has 1 aromatic rings. The number of amides is 1. The average molecular weight is 254 g/mol. The summed E-state index contributed by atoms with van der Waals surface area (Å²) >= 11 is 5.74. The Morgan fingerprint density at radius 1 is 1.53 bits per heavy atom. The average Bonchev–Trinajstić information content (AvgIpc) is 3.11. The zero-order valence-electron chi connectivity index (χ0n) is 9.90. The molecular weight excluding hydrogens is 238 g/mol. The molecule has 0 atom stereocenters. The van der Waals surface area contributed by atoms with Gasteiger partial charge in [-0.2, -0.15) is 0 Å². The molecule has 1 aliphatic carbocycles. The highest BCUT2D eigenvalue weighted by molar-refractivity contribution is 6.29. The van der Waals surface area contributed by atoms with Crippen LogP contribution < -0.4 is 0 Å². The van der Waals surface area contributed by atoms with Crippen LogP contribution in [0.15, 0.2) is 12.4 Å². The topological polar surface area (TPSA) is 46.1 Å². The van der Waals surface area contributed by atoms with E-state index >= 15 is 0 Å². The lowest BCUT2D eigenvalue weighted by atomic mass is 10.3. The van der Waals surface area contributed by atoms with Gasteiger partial charge in [-0.3, -0.25) is 9.78 Å². The Morgan fingerprint density at radius 3 is 2.88 bits per heavy atom. The molecule has 1 aliphatic rings. The zero-order chi connectivity index (χ0) is 12.3. The summed E-state index contributed by atoms with van der Waals surface area (Å²) in [4.78, 5) is 22.0. The van der Waals surface area contributed by atoms with Crippen molar-refractivity contribution < 1.29 is 4.79 Å². The Labute approximate surface area is 106 Å². The molecule has 1 aromatic heterocycles. The minimum Gasteiger partial charge on any atom is -0.337 e. The van der Waals surface area contributed by atoms with Gasteiger partial charge in [0.25, 0.3) is 5.91 Å². The normalized spacial score (nSPS) is 14.7. The van der Waals surface area contributed by atoms with Gasteiger partial charge < -0.3 is 4.90 Å². The van der Waals surface area contributed by atoms with Gasteiger partial charge in [-0.15, -0.1) is 0 Å². The molecule has 2 rings (SSSR count). The molecule has 1 amide bonds. The van der Waals surface area contributed by atoms with E-state index in [0.29, 0.717) is 11.6 Å². The van der Waals surface area contributed by atoms with E-state index in [1.807, 2.05) is 4.90 Å². The molecule has 0 bridgehead atoms. The summed E-state index contributed by atoms with van der Waals surface area (Å²) in [5.41, 5.74) is 0.339. The van der Waals surface area contributed by atoms with E-state index in [2.05, 4.69) is 16.9 Å². The summed E-state index contributed by atoms with van der Waals surface area (Å²) in [6.07, 6.45) is 6.32. The van der Waals surface area contributed by atoms with Gasteiger partial charge in [-0.25, -0.2) is 4.98 Å². The number of carbonyl (C=O) groups excluding carboxylic acids is 1. The second kappa shape index (κ2) is 5.45. The highest BCUT2D eigenvalue weighted by Gasteiger charge is 2.27. The summed E-state index contributed by atoms with van der Waals surface area (Å²) in [5.74, 6) is 0.617. The second-order valence-corrected chi connectivity index (χ2v) is 4.81. The molecule has 1 fully saturated rings. The van der Waals surface area contributed by atoms with Crippen LogP contribution in [0, 0.1) is 5.92 Å². The van der Waals surface area contributed by atoms with E-state index < -0.39 is 0 Å². The smallest absolute Gasteiger partial charge is 0.274 e. The quantitative estimate of drug-likeness (QED) is 0.810. The standard InChI is InChI=1S/C12H16ClN3O/c1-2-5-16(8-9-3-4-9)12(17)10-6-14-7-11(13)15-10/h6-7,9H,2-5,8H2,1H3. The summed E-state index contributed by atoms with van der Waals surface area (Å²) in [6.45, 7) is 3.67. The molecule has 0 N–H and O–H groups in total. The fourth-order valence-electron chi connectivity index (χ4n) is 1.76. The molecule has 4 nitrogen and oxygen atoms in total. The predicted octanol–water partition coefficient (Wildman–Crippen LogP) is 2.39. The van der Waals surface area contributed by atoms with Crippen LogP contribution >= 0.6 is 11.6 Å². The number of hydrogen-bond acceptors (Lipinski definition) is 3. The first-order chi connectivity index (χ1) is 8.20. The zero-order valence-corrected chi connectivity index (χ0v) is 10.7. The first-order valence-electron chi connectivity index (χ1n) is 5.97. The van der Waals surface area contributed by atoms with E-state index in [1.165, 1.54) is 25.2 Å². The predicted molar refractivity (Wildman–Crippen MR) is 66.0 cm³/mol. The van der Waals surface area contributed by atoms with Gasteiger partial charge in [-0.05, 0) is 25.2 Å². The number of rotatable bonds is 5.